The van der Waals surface area contributed by atoms with Crippen molar-refractivity contribution >= 4 is 17.4 Å². The van der Waals surface area contributed by atoms with Crippen molar-refractivity contribution in [3.05, 3.63) is 21.9 Å². The molecule has 0 N–H and O–H groups in total. The van der Waals surface area contributed by atoms with Gasteiger partial charge in [0, 0.05) is 23.9 Å². The fourth-order valence-electron chi connectivity index (χ4n) is 2.34. The van der Waals surface area contributed by atoms with E-state index in [0.717, 1.165) is 25.9 Å². The van der Waals surface area contributed by atoms with E-state index in [1.807, 2.05) is 11.8 Å². The molecule has 0 radical (unpaired) electrons. The van der Waals surface area contributed by atoms with Crippen molar-refractivity contribution in [3.63, 3.8) is 0 Å². The summed E-state index contributed by atoms with van der Waals surface area (Å²) in [7, 11) is 0. The second-order valence-electron chi connectivity index (χ2n) is 4.30. The van der Waals surface area contributed by atoms with Gasteiger partial charge in [0.1, 0.15) is 0 Å². The predicted molar refractivity (Wildman–Crippen MR) is 69.7 cm³/mol. The Bertz CT molecular complexity index is 389. The summed E-state index contributed by atoms with van der Waals surface area (Å²) in [4.78, 5) is 15.1. The van der Waals surface area contributed by atoms with Gasteiger partial charge in [-0.25, -0.2) is 4.79 Å². The van der Waals surface area contributed by atoms with Gasteiger partial charge in [0.2, 0.25) is 0 Å². The van der Waals surface area contributed by atoms with E-state index in [2.05, 4.69) is 18.4 Å². The lowest BCUT2D eigenvalue weighted by Crippen LogP contribution is -2.35. The molecule has 2 rings (SSSR count). The van der Waals surface area contributed by atoms with E-state index < -0.39 is 0 Å². The SMILES string of the molecule is CCOC(=O)N1CCc2sccc2[C@@H](CC)C1. The molecule has 0 saturated heterocycles. The van der Waals surface area contributed by atoms with Crippen LogP contribution < -0.4 is 0 Å². The maximum Gasteiger partial charge on any atom is 0.409 e. The number of carbonyl (C=O) groups excluding carboxylic acids is 1. The van der Waals surface area contributed by atoms with Crippen molar-refractivity contribution < 1.29 is 9.53 Å². The van der Waals surface area contributed by atoms with Gasteiger partial charge in [-0.1, -0.05) is 6.92 Å². The lowest BCUT2D eigenvalue weighted by Gasteiger charge is -2.23. The summed E-state index contributed by atoms with van der Waals surface area (Å²) < 4.78 is 5.10. The van der Waals surface area contributed by atoms with Gasteiger partial charge in [-0.05, 0) is 36.8 Å². The van der Waals surface area contributed by atoms with Crippen LogP contribution in [0.5, 0.6) is 0 Å². The molecule has 0 fully saturated rings. The average Bonchev–Trinajstić information content (AvgIpc) is 2.71. The van der Waals surface area contributed by atoms with Gasteiger partial charge < -0.3 is 9.64 Å². The van der Waals surface area contributed by atoms with Crippen molar-refractivity contribution in [2.24, 2.45) is 0 Å². The van der Waals surface area contributed by atoms with Crippen LogP contribution in [0.4, 0.5) is 4.79 Å². The number of ether oxygens (including phenoxy) is 1. The molecule has 2 heterocycles. The minimum atomic E-state index is -0.166. The minimum absolute atomic E-state index is 0.166. The number of amides is 1. The smallest absolute Gasteiger partial charge is 0.409 e. The first kappa shape index (κ1) is 12.4. The maximum atomic E-state index is 11.8. The molecule has 1 atom stereocenters. The molecule has 1 aliphatic heterocycles. The molecule has 0 aliphatic carbocycles. The Morgan fingerprint density at radius 3 is 3.12 bits per heavy atom. The zero-order valence-corrected chi connectivity index (χ0v) is 11.3. The zero-order chi connectivity index (χ0) is 12.3. The molecule has 1 amide bonds. The molecule has 0 aromatic carbocycles. The summed E-state index contributed by atoms with van der Waals surface area (Å²) in [6.45, 7) is 6.06. The van der Waals surface area contributed by atoms with Crippen molar-refractivity contribution in [1.82, 2.24) is 4.90 Å². The first-order valence-electron chi connectivity index (χ1n) is 6.24. The van der Waals surface area contributed by atoms with Gasteiger partial charge in [0.25, 0.3) is 0 Å². The summed E-state index contributed by atoms with van der Waals surface area (Å²) >= 11 is 1.81. The molecule has 0 unspecified atom stereocenters. The third-order valence-corrected chi connectivity index (χ3v) is 4.28. The standard InChI is InChI=1S/C13H19NO2S/c1-3-10-9-14(13(15)16-4-2)7-5-12-11(10)6-8-17-12/h6,8,10H,3-5,7,9H2,1-2H3/t10-/m0/s1. The van der Waals surface area contributed by atoms with Gasteiger partial charge in [0.15, 0.2) is 0 Å². The maximum absolute atomic E-state index is 11.8. The molecular formula is C13H19NO2S. The molecule has 0 bridgehead atoms. The van der Waals surface area contributed by atoms with E-state index in [4.69, 9.17) is 4.74 Å². The number of fused-ring (bicyclic) bond motifs is 1. The van der Waals surface area contributed by atoms with Gasteiger partial charge in [-0.2, -0.15) is 0 Å². The van der Waals surface area contributed by atoms with E-state index in [9.17, 15) is 4.79 Å². The van der Waals surface area contributed by atoms with E-state index in [0.29, 0.717) is 12.5 Å². The van der Waals surface area contributed by atoms with Gasteiger partial charge >= 0.3 is 6.09 Å². The van der Waals surface area contributed by atoms with Crippen LogP contribution >= 0.6 is 11.3 Å². The number of hydrogen-bond donors (Lipinski definition) is 0. The molecular weight excluding hydrogens is 234 g/mol. The fraction of sp³-hybridized carbons (Fsp3) is 0.615. The topological polar surface area (TPSA) is 29.5 Å². The molecule has 4 heteroatoms. The van der Waals surface area contributed by atoms with Crippen LogP contribution in [0.2, 0.25) is 0 Å². The highest BCUT2D eigenvalue weighted by molar-refractivity contribution is 7.10. The Morgan fingerprint density at radius 1 is 1.59 bits per heavy atom. The summed E-state index contributed by atoms with van der Waals surface area (Å²) in [5.74, 6) is 0.461. The molecule has 17 heavy (non-hydrogen) atoms. The molecule has 1 aromatic heterocycles. The number of thiophene rings is 1. The Balaban J connectivity index is 2.13. The largest absolute Gasteiger partial charge is 0.450 e. The highest BCUT2D eigenvalue weighted by Crippen LogP contribution is 2.31. The third-order valence-electron chi connectivity index (χ3n) is 3.29. The van der Waals surface area contributed by atoms with Crippen LogP contribution in [0.3, 0.4) is 0 Å². The predicted octanol–water partition coefficient (Wildman–Crippen LogP) is 3.26. The zero-order valence-electron chi connectivity index (χ0n) is 10.4. The van der Waals surface area contributed by atoms with Crippen LogP contribution in [-0.4, -0.2) is 30.7 Å². The molecule has 3 nitrogen and oxygen atoms in total. The van der Waals surface area contributed by atoms with Crippen LogP contribution in [0.25, 0.3) is 0 Å². The molecule has 1 aromatic rings. The fourth-order valence-corrected chi connectivity index (χ4v) is 3.30. The first-order valence-corrected chi connectivity index (χ1v) is 7.12. The van der Waals surface area contributed by atoms with E-state index in [1.165, 1.54) is 10.4 Å². The Labute approximate surface area is 106 Å². The highest BCUT2D eigenvalue weighted by atomic mass is 32.1. The van der Waals surface area contributed by atoms with Crippen LogP contribution in [0.1, 0.15) is 36.6 Å². The summed E-state index contributed by atoms with van der Waals surface area (Å²) in [5, 5.41) is 2.16. The van der Waals surface area contributed by atoms with E-state index in [-0.39, 0.29) is 6.09 Å². The molecule has 0 spiro atoms. The number of carbonyl (C=O) groups is 1. The second kappa shape index (κ2) is 5.54. The van der Waals surface area contributed by atoms with Crippen molar-refractivity contribution in [1.29, 1.82) is 0 Å². The summed E-state index contributed by atoms with van der Waals surface area (Å²) in [6, 6.07) is 2.21. The number of hydrogen-bond acceptors (Lipinski definition) is 3. The number of nitrogens with zero attached hydrogens (tertiary/aromatic N) is 1. The van der Waals surface area contributed by atoms with Gasteiger partial charge in [-0.3, -0.25) is 0 Å². The Kier molecular flexibility index (Phi) is 4.05. The van der Waals surface area contributed by atoms with Crippen molar-refractivity contribution in [2.45, 2.75) is 32.6 Å². The van der Waals surface area contributed by atoms with E-state index >= 15 is 0 Å². The molecule has 1 aliphatic rings. The van der Waals surface area contributed by atoms with Crippen LogP contribution in [0, 0.1) is 0 Å². The lowest BCUT2D eigenvalue weighted by molar-refractivity contribution is 0.106. The molecule has 0 saturated carbocycles. The minimum Gasteiger partial charge on any atom is -0.450 e. The lowest BCUT2D eigenvalue weighted by atomic mass is 9.97. The summed E-state index contributed by atoms with van der Waals surface area (Å²) in [5.41, 5.74) is 1.43. The average molecular weight is 253 g/mol. The Hall–Kier alpha value is -1.03. The highest BCUT2D eigenvalue weighted by Gasteiger charge is 2.26. The van der Waals surface area contributed by atoms with Crippen molar-refractivity contribution in [2.75, 3.05) is 19.7 Å². The van der Waals surface area contributed by atoms with Crippen LogP contribution in [0.15, 0.2) is 11.4 Å². The first-order chi connectivity index (χ1) is 8.26. The monoisotopic (exact) mass is 253 g/mol. The van der Waals surface area contributed by atoms with Gasteiger partial charge in [-0.15, -0.1) is 11.3 Å². The molecule has 94 valence electrons. The number of rotatable bonds is 2. The Morgan fingerprint density at radius 2 is 2.41 bits per heavy atom. The normalized spacial score (nSPS) is 19.6. The summed E-state index contributed by atoms with van der Waals surface area (Å²) in [6.07, 6.45) is 1.86. The van der Waals surface area contributed by atoms with Crippen molar-refractivity contribution in [3.8, 4) is 0 Å². The quantitative estimate of drug-likeness (QED) is 0.809. The van der Waals surface area contributed by atoms with E-state index in [1.54, 1.807) is 11.3 Å². The van der Waals surface area contributed by atoms with Crippen LogP contribution in [-0.2, 0) is 11.2 Å². The second-order valence-corrected chi connectivity index (χ2v) is 5.30. The van der Waals surface area contributed by atoms with Gasteiger partial charge in [0.05, 0.1) is 6.61 Å². The third kappa shape index (κ3) is 2.63.